The molecule has 7 nitrogen and oxygen atoms in total. The number of urea groups is 1. The number of hydrogen-bond acceptors (Lipinski definition) is 4. The van der Waals surface area contributed by atoms with Crippen LogP contribution < -0.4 is 15.4 Å². The number of carbonyl (C=O) groups is 3. The number of hydrogen-bond donors (Lipinski definition) is 2. The first-order valence-corrected chi connectivity index (χ1v) is 10.8. The van der Waals surface area contributed by atoms with Gasteiger partial charge in [0.15, 0.2) is 0 Å². The zero-order valence-corrected chi connectivity index (χ0v) is 17.4. The summed E-state index contributed by atoms with van der Waals surface area (Å²) in [7, 11) is 0. The molecule has 162 valence electrons. The summed E-state index contributed by atoms with van der Waals surface area (Å²) < 4.78 is 5.85. The fourth-order valence-corrected chi connectivity index (χ4v) is 4.12. The molecule has 1 saturated carbocycles. The summed E-state index contributed by atoms with van der Waals surface area (Å²) in [5.74, 6) is 0.687. The van der Waals surface area contributed by atoms with Crippen molar-refractivity contribution in [3.63, 3.8) is 0 Å². The van der Waals surface area contributed by atoms with Gasteiger partial charge in [0.1, 0.15) is 18.0 Å². The number of benzene rings is 2. The summed E-state index contributed by atoms with van der Waals surface area (Å²) in [5.41, 5.74) is 0.779. The number of imide groups is 1. The molecule has 2 aromatic rings. The Bertz CT molecular complexity index is 923. The molecule has 0 radical (unpaired) electrons. The third kappa shape index (κ3) is 5.42. The van der Waals surface area contributed by atoms with Crippen LogP contribution in [0.15, 0.2) is 54.6 Å². The lowest BCUT2D eigenvalue weighted by atomic mass is 9.95. The van der Waals surface area contributed by atoms with Crippen molar-refractivity contribution in [1.29, 1.82) is 0 Å². The summed E-state index contributed by atoms with van der Waals surface area (Å²) in [6.07, 6.45) is 5.39. The van der Waals surface area contributed by atoms with Crippen LogP contribution in [-0.2, 0) is 9.59 Å². The van der Waals surface area contributed by atoms with Crippen LogP contribution in [0.2, 0.25) is 0 Å². The molecule has 2 fully saturated rings. The van der Waals surface area contributed by atoms with Gasteiger partial charge >= 0.3 is 6.03 Å². The highest BCUT2D eigenvalue weighted by molar-refractivity contribution is 6.00. The van der Waals surface area contributed by atoms with Crippen molar-refractivity contribution < 1.29 is 19.1 Å². The number of rotatable bonds is 6. The van der Waals surface area contributed by atoms with E-state index in [2.05, 4.69) is 10.6 Å². The molecular formula is C24H27N3O4. The summed E-state index contributed by atoms with van der Waals surface area (Å²) >= 11 is 0. The predicted molar refractivity (Wildman–Crippen MR) is 116 cm³/mol. The Morgan fingerprint density at radius 1 is 1.00 bits per heavy atom. The molecule has 2 aliphatic rings. The maximum absolute atomic E-state index is 12.6. The Morgan fingerprint density at radius 2 is 1.74 bits per heavy atom. The van der Waals surface area contributed by atoms with E-state index in [1.54, 1.807) is 0 Å². The lowest BCUT2D eigenvalue weighted by molar-refractivity contribution is -0.135. The maximum Gasteiger partial charge on any atom is 0.325 e. The first-order chi connectivity index (χ1) is 15.1. The molecule has 1 aliphatic carbocycles. The van der Waals surface area contributed by atoms with Gasteiger partial charge in [0.25, 0.3) is 0 Å². The molecular weight excluding hydrogens is 394 g/mol. The number of nitrogens with zero attached hydrogens (tertiary/aromatic N) is 1. The summed E-state index contributed by atoms with van der Waals surface area (Å²) in [6.45, 7) is -0.245. The zero-order chi connectivity index (χ0) is 21.6. The highest BCUT2D eigenvalue weighted by Crippen LogP contribution is 2.28. The van der Waals surface area contributed by atoms with Gasteiger partial charge in [-0.05, 0) is 42.7 Å². The normalized spacial score (nSPS) is 19.6. The molecule has 0 bridgehead atoms. The zero-order valence-electron chi connectivity index (χ0n) is 17.4. The molecule has 1 unspecified atom stereocenters. The van der Waals surface area contributed by atoms with Gasteiger partial charge in [0.05, 0.1) is 12.5 Å². The highest BCUT2D eigenvalue weighted by atomic mass is 16.5. The van der Waals surface area contributed by atoms with E-state index in [4.69, 9.17) is 4.74 Å². The molecule has 31 heavy (non-hydrogen) atoms. The second kappa shape index (κ2) is 9.64. The minimum Gasteiger partial charge on any atom is -0.457 e. The van der Waals surface area contributed by atoms with Crippen molar-refractivity contribution in [3.8, 4) is 11.5 Å². The van der Waals surface area contributed by atoms with Crippen LogP contribution in [-0.4, -0.2) is 35.3 Å². The molecule has 1 atom stereocenters. The molecule has 7 heteroatoms. The second-order valence-electron chi connectivity index (χ2n) is 8.08. The van der Waals surface area contributed by atoms with E-state index in [1.807, 2.05) is 54.6 Å². The van der Waals surface area contributed by atoms with Crippen LogP contribution >= 0.6 is 0 Å². The van der Waals surface area contributed by atoms with Gasteiger partial charge in [-0.15, -0.1) is 0 Å². The monoisotopic (exact) mass is 421 g/mol. The maximum atomic E-state index is 12.6. The number of para-hydroxylation sites is 1. The quantitative estimate of drug-likeness (QED) is 0.740. The summed E-state index contributed by atoms with van der Waals surface area (Å²) in [5, 5.41) is 5.80. The minimum atomic E-state index is -0.547. The average molecular weight is 421 g/mol. The number of ether oxygens (including phenoxy) is 1. The van der Waals surface area contributed by atoms with Crippen LogP contribution in [0.25, 0.3) is 0 Å². The van der Waals surface area contributed by atoms with Gasteiger partial charge in [-0.3, -0.25) is 14.5 Å². The fraction of sp³-hybridized carbons (Fsp3) is 0.375. The number of amides is 4. The average Bonchev–Trinajstić information content (AvgIpc) is 2.78. The van der Waals surface area contributed by atoms with Gasteiger partial charge in [0.2, 0.25) is 11.8 Å². The minimum absolute atomic E-state index is 0.0945. The predicted octanol–water partition coefficient (Wildman–Crippen LogP) is 3.91. The molecule has 1 aliphatic heterocycles. The summed E-state index contributed by atoms with van der Waals surface area (Å²) in [6, 6.07) is 15.8. The highest BCUT2D eigenvalue weighted by Gasteiger charge is 2.34. The summed E-state index contributed by atoms with van der Waals surface area (Å²) in [4.78, 5) is 38.6. The molecule has 1 heterocycles. The van der Waals surface area contributed by atoms with Gasteiger partial charge in [-0.2, -0.15) is 0 Å². The van der Waals surface area contributed by atoms with Crippen molar-refractivity contribution in [3.05, 3.63) is 60.2 Å². The molecule has 2 aromatic carbocycles. The van der Waals surface area contributed by atoms with Crippen LogP contribution in [0, 0.1) is 0 Å². The van der Waals surface area contributed by atoms with Crippen LogP contribution in [0.4, 0.5) is 4.79 Å². The SMILES string of the molecule is O=C(CN1C(=O)CC(c2cccc(Oc3ccccc3)c2)NC1=O)NC1CCCCC1. The fourth-order valence-electron chi connectivity index (χ4n) is 4.12. The number of nitrogens with one attached hydrogen (secondary N) is 2. The van der Waals surface area contributed by atoms with E-state index < -0.39 is 12.1 Å². The van der Waals surface area contributed by atoms with Gasteiger partial charge in [-0.25, -0.2) is 4.79 Å². The third-order valence-electron chi connectivity index (χ3n) is 5.73. The van der Waals surface area contributed by atoms with Crippen molar-refractivity contribution >= 4 is 17.8 Å². The van der Waals surface area contributed by atoms with E-state index in [9.17, 15) is 14.4 Å². The molecule has 1 saturated heterocycles. The van der Waals surface area contributed by atoms with Gasteiger partial charge in [0, 0.05) is 6.04 Å². The first-order valence-electron chi connectivity index (χ1n) is 10.8. The second-order valence-corrected chi connectivity index (χ2v) is 8.08. The van der Waals surface area contributed by atoms with Crippen molar-refractivity contribution in [2.45, 2.75) is 50.6 Å². The van der Waals surface area contributed by atoms with E-state index in [1.165, 1.54) is 6.42 Å². The van der Waals surface area contributed by atoms with Gasteiger partial charge < -0.3 is 15.4 Å². The van der Waals surface area contributed by atoms with Crippen LogP contribution in [0.3, 0.4) is 0 Å². The lowest BCUT2D eigenvalue weighted by Crippen LogP contribution is -2.54. The van der Waals surface area contributed by atoms with E-state index >= 15 is 0 Å². The largest absolute Gasteiger partial charge is 0.457 e. The lowest BCUT2D eigenvalue weighted by Gasteiger charge is -2.32. The van der Waals surface area contributed by atoms with Crippen molar-refractivity contribution in [1.82, 2.24) is 15.5 Å². The first kappa shape index (κ1) is 20.9. The smallest absolute Gasteiger partial charge is 0.325 e. The van der Waals surface area contributed by atoms with E-state index in [-0.39, 0.29) is 30.8 Å². The molecule has 4 amide bonds. The molecule has 0 aromatic heterocycles. The van der Waals surface area contributed by atoms with Crippen LogP contribution in [0.5, 0.6) is 11.5 Å². The Balaban J connectivity index is 1.36. The Labute approximate surface area is 181 Å². The van der Waals surface area contributed by atoms with Crippen molar-refractivity contribution in [2.24, 2.45) is 0 Å². The molecule has 4 rings (SSSR count). The third-order valence-corrected chi connectivity index (χ3v) is 5.73. The molecule has 0 spiro atoms. The Hall–Kier alpha value is -3.35. The Morgan fingerprint density at radius 3 is 2.48 bits per heavy atom. The van der Waals surface area contributed by atoms with E-state index in [0.717, 1.165) is 36.1 Å². The Kier molecular flexibility index (Phi) is 6.50. The van der Waals surface area contributed by atoms with E-state index in [0.29, 0.717) is 11.5 Å². The van der Waals surface area contributed by atoms with Crippen molar-refractivity contribution in [2.75, 3.05) is 6.54 Å². The standard InChI is InChI=1S/C24H27N3O4/c28-22(25-18-9-3-1-4-10-18)16-27-23(29)15-21(26-24(27)30)17-8-7-13-20(14-17)31-19-11-5-2-6-12-19/h2,5-8,11-14,18,21H,1,3-4,9-10,15-16H2,(H,25,28)(H,26,30). The van der Waals surface area contributed by atoms with Gasteiger partial charge in [-0.1, -0.05) is 49.6 Å². The molecule has 2 N–H and O–H groups in total. The number of carbonyl (C=O) groups excluding carboxylic acids is 3. The topological polar surface area (TPSA) is 87.7 Å². The van der Waals surface area contributed by atoms with Crippen LogP contribution in [0.1, 0.15) is 50.1 Å².